The number of rotatable bonds is 3. The van der Waals surface area contributed by atoms with Crippen molar-refractivity contribution in [3.63, 3.8) is 0 Å². The molecular weight excluding hydrogens is 154 g/mol. The minimum atomic E-state index is -0.533. The largest absolute Gasteiger partial charge is 0.354 e. The van der Waals surface area contributed by atoms with Gasteiger partial charge in [0.2, 0.25) is 0 Å². The molecule has 3 heteroatoms. The van der Waals surface area contributed by atoms with E-state index in [0.717, 1.165) is 6.42 Å². The molecule has 0 heterocycles. The van der Waals surface area contributed by atoms with E-state index in [1.807, 2.05) is 26.0 Å². The highest BCUT2D eigenvalue weighted by Crippen LogP contribution is 2.20. The van der Waals surface area contributed by atoms with Crippen LogP contribution in [0.15, 0.2) is 12.2 Å². The highest BCUT2D eigenvalue weighted by molar-refractivity contribution is 5.05. The van der Waals surface area contributed by atoms with Gasteiger partial charge in [-0.25, -0.2) is 0 Å². The molecule has 1 aliphatic rings. The Balaban J connectivity index is 2.41. The zero-order valence-electron chi connectivity index (χ0n) is 7.91. The molecule has 0 amide bonds. The lowest BCUT2D eigenvalue weighted by molar-refractivity contribution is -0.222. The van der Waals surface area contributed by atoms with E-state index >= 15 is 0 Å². The SMILES string of the molecule is COC(C)(C)O[C@@H]1CC=C[C@H]1N. The lowest BCUT2D eigenvalue weighted by atomic mass is 10.2. The van der Waals surface area contributed by atoms with Crippen LogP contribution in [0.4, 0.5) is 0 Å². The zero-order valence-corrected chi connectivity index (χ0v) is 7.91. The first-order chi connectivity index (χ1) is 5.55. The predicted octanol–water partition coefficient (Wildman–Crippen LogP) is 1.04. The minimum absolute atomic E-state index is 0.0134. The summed E-state index contributed by atoms with van der Waals surface area (Å²) in [6.45, 7) is 3.77. The fraction of sp³-hybridized carbons (Fsp3) is 0.778. The molecule has 3 nitrogen and oxygen atoms in total. The van der Waals surface area contributed by atoms with Crippen molar-refractivity contribution in [1.82, 2.24) is 0 Å². The molecule has 1 rings (SSSR count). The van der Waals surface area contributed by atoms with Crippen molar-refractivity contribution in [3.05, 3.63) is 12.2 Å². The van der Waals surface area contributed by atoms with Gasteiger partial charge in [-0.2, -0.15) is 0 Å². The monoisotopic (exact) mass is 171 g/mol. The normalized spacial score (nSPS) is 29.7. The van der Waals surface area contributed by atoms with Gasteiger partial charge in [0, 0.05) is 13.2 Å². The maximum Gasteiger partial charge on any atom is 0.162 e. The van der Waals surface area contributed by atoms with Gasteiger partial charge in [-0.1, -0.05) is 12.2 Å². The number of ether oxygens (including phenoxy) is 2. The molecule has 1 aliphatic carbocycles. The van der Waals surface area contributed by atoms with Crippen LogP contribution in [0.1, 0.15) is 20.3 Å². The quantitative estimate of drug-likeness (QED) is 0.509. The summed E-state index contributed by atoms with van der Waals surface area (Å²) in [6, 6.07) is 0.0134. The van der Waals surface area contributed by atoms with Crippen molar-refractivity contribution in [3.8, 4) is 0 Å². The summed E-state index contributed by atoms with van der Waals surface area (Å²) in [5, 5.41) is 0. The summed E-state index contributed by atoms with van der Waals surface area (Å²) in [5.74, 6) is -0.533. The molecule has 0 bridgehead atoms. The van der Waals surface area contributed by atoms with E-state index in [9.17, 15) is 0 Å². The van der Waals surface area contributed by atoms with Crippen LogP contribution in [0.3, 0.4) is 0 Å². The van der Waals surface area contributed by atoms with Crippen molar-refractivity contribution in [2.24, 2.45) is 5.73 Å². The van der Waals surface area contributed by atoms with Crippen LogP contribution in [0.5, 0.6) is 0 Å². The summed E-state index contributed by atoms with van der Waals surface area (Å²) < 4.78 is 10.8. The van der Waals surface area contributed by atoms with E-state index in [0.29, 0.717) is 0 Å². The van der Waals surface area contributed by atoms with Gasteiger partial charge in [-0.05, 0) is 20.3 Å². The Hall–Kier alpha value is -0.380. The standard InChI is InChI=1S/C9H17NO2/c1-9(2,11-3)12-8-6-4-5-7(8)10/h4-5,7-8H,6,10H2,1-3H3/t7-,8-/m1/s1. The van der Waals surface area contributed by atoms with Crippen molar-refractivity contribution in [1.29, 1.82) is 0 Å². The fourth-order valence-corrected chi connectivity index (χ4v) is 1.19. The van der Waals surface area contributed by atoms with Crippen LogP contribution >= 0.6 is 0 Å². The molecule has 0 aromatic heterocycles. The van der Waals surface area contributed by atoms with E-state index in [-0.39, 0.29) is 12.1 Å². The maximum absolute atomic E-state index is 5.77. The molecule has 0 unspecified atom stereocenters. The number of hydrogen-bond acceptors (Lipinski definition) is 3. The van der Waals surface area contributed by atoms with E-state index in [1.165, 1.54) is 0 Å². The van der Waals surface area contributed by atoms with Gasteiger partial charge in [0.1, 0.15) is 0 Å². The molecular formula is C9H17NO2. The fourth-order valence-electron chi connectivity index (χ4n) is 1.19. The van der Waals surface area contributed by atoms with Gasteiger partial charge >= 0.3 is 0 Å². The summed E-state index contributed by atoms with van der Waals surface area (Å²) in [6.07, 6.45) is 4.96. The highest BCUT2D eigenvalue weighted by Gasteiger charge is 2.27. The second-order valence-corrected chi connectivity index (χ2v) is 3.50. The first-order valence-corrected chi connectivity index (χ1v) is 4.20. The average Bonchev–Trinajstić information content (AvgIpc) is 2.36. The Morgan fingerprint density at radius 3 is 2.58 bits per heavy atom. The number of methoxy groups -OCH3 is 1. The molecule has 0 aromatic rings. The van der Waals surface area contributed by atoms with E-state index in [4.69, 9.17) is 15.2 Å². The minimum Gasteiger partial charge on any atom is -0.354 e. The predicted molar refractivity (Wildman–Crippen MR) is 47.7 cm³/mol. The van der Waals surface area contributed by atoms with Crippen LogP contribution < -0.4 is 5.73 Å². The third-order valence-electron chi connectivity index (χ3n) is 2.08. The zero-order chi connectivity index (χ0) is 9.19. The Labute approximate surface area is 73.5 Å². The van der Waals surface area contributed by atoms with Crippen molar-refractivity contribution >= 4 is 0 Å². The van der Waals surface area contributed by atoms with Crippen LogP contribution in [0.2, 0.25) is 0 Å². The van der Waals surface area contributed by atoms with Gasteiger partial charge in [0.05, 0.1) is 6.10 Å². The maximum atomic E-state index is 5.77. The molecule has 0 saturated carbocycles. The summed E-state index contributed by atoms with van der Waals surface area (Å²) in [7, 11) is 1.63. The van der Waals surface area contributed by atoms with Crippen LogP contribution in [-0.4, -0.2) is 25.0 Å². The molecule has 2 atom stereocenters. The Kier molecular flexibility index (Phi) is 2.88. The number of nitrogens with two attached hydrogens (primary N) is 1. The molecule has 0 saturated heterocycles. The topological polar surface area (TPSA) is 44.5 Å². The number of hydrogen-bond donors (Lipinski definition) is 1. The van der Waals surface area contributed by atoms with Crippen LogP contribution in [0, 0.1) is 0 Å². The Bertz CT molecular complexity index is 177. The second-order valence-electron chi connectivity index (χ2n) is 3.50. The highest BCUT2D eigenvalue weighted by atomic mass is 16.7. The lowest BCUT2D eigenvalue weighted by Gasteiger charge is -2.29. The van der Waals surface area contributed by atoms with Crippen molar-refractivity contribution in [2.45, 2.75) is 38.2 Å². The second kappa shape index (κ2) is 3.56. The molecule has 0 aliphatic heterocycles. The first-order valence-electron chi connectivity index (χ1n) is 4.20. The Morgan fingerprint density at radius 1 is 1.50 bits per heavy atom. The third kappa shape index (κ3) is 2.30. The van der Waals surface area contributed by atoms with Gasteiger partial charge in [0.15, 0.2) is 5.79 Å². The summed E-state index contributed by atoms with van der Waals surface area (Å²) in [4.78, 5) is 0. The van der Waals surface area contributed by atoms with E-state index in [1.54, 1.807) is 7.11 Å². The third-order valence-corrected chi connectivity index (χ3v) is 2.08. The molecule has 2 N–H and O–H groups in total. The molecule has 0 aromatic carbocycles. The molecule has 0 radical (unpaired) electrons. The smallest absolute Gasteiger partial charge is 0.162 e. The summed E-state index contributed by atoms with van der Waals surface area (Å²) >= 11 is 0. The van der Waals surface area contributed by atoms with Gasteiger partial charge in [-0.3, -0.25) is 0 Å². The first kappa shape index (κ1) is 9.71. The van der Waals surface area contributed by atoms with Crippen LogP contribution in [0.25, 0.3) is 0 Å². The van der Waals surface area contributed by atoms with Crippen molar-refractivity contribution < 1.29 is 9.47 Å². The molecule has 12 heavy (non-hydrogen) atoms. The van der Waals surface area contributed by atoms with Gasteiger partial charge in [0.25, 0.3) is 0 Å². The Morgan fingerprint density at radius 2 is 2.17 bits per heavy atom. The van der Waals surface area contributed by atoms with E-state index in [2.05, 4.69) is 0 Å². The molecule has 0 spiro atoms. The molecule has 0 fully saturated rings. The van der Waals surface area contributed by atoms with Crippen LogP contribution in [-0.2, 0) is 9.47 Å². The van der Waals surface area contributed by atoms with Crippen molar-refractivity contribution in [2.75, 3.05) is 7.11 Å². The van der Waals surface area contributed by atoms with Gasteiger partial charge in [-0.15, -0.1) is 0 Å². The van der Waals surface area contributed by atoms with Gasteiger partial charge < -0.3 is 15.2 Å². The van der Waals surface area contributed by atoms with E-state index < -0.39 is 5.79 Å². The lowest BCUT2D eigenvalue weighted by Crippen LogP contribution is -2.39. The summed E-state index contributed by atoms with van der Waals surface area (Å²) in [5.41, 5.74) is 5.77. The average molecular weight is 171 g/mol. The molecule has 70 valence electrons.